The molecule has 1 nitrogen and oxygen atoms in total. The van der Waals surface area contributed by atoms with Crippen LogP contribution in [0.15, 0.2) is 60.7 Å². The highest BCUT2D eigenvalue weighted by atomic mass is 35.5. The zero-order valence-corrected chi connectivity index (χ0v) is 13.4. The average Bonchev–Trinajstić information content (AvgIpc) is 2.86. The van der Waals surface area contributed by atoms with E-state index in [1.807, 2.05) is 36.4 Å². The van der Waals surface area contributed by atoms with E-state index in [0.717, 1.165) is 11.1 Å². The molecular weight excluding hydrogens is 321 g/mol. The lowest BCUT2D eigenvalue weighted by molar-refractivity contribution is 0.877. The summed E-state index contributed by atoms with van der Waals surface area (Å²) in [6, 6.07) is 20.0. The van der Waals surface area contributed by atoms with Gasteiger partial charge in [0.25, 0.3) is 0 Å². The van der Waals surface area contributed by atoms with E-state index in [2.05, 4.69) is 24.3 Å². The number of thiophene rings is 1. The molecule has 0 spiro atoms. The number of hydrogen-bond donors (Lipinski definition) is 1. The normalized spacial score (nSPS) is 12.3. The monoisotopic (exact) mass is 333 g/mol. The second-order valence-electron chi connectivity index (χ2n) is 4.75. The Morgan fingerprint density at radius 3 is 2.05 bits per heavy atom. The molecule has 1 atom stereocenters. The fourth-order valence-corrected chi connectivity index (χ4v) is 3.81. The van der Waals surface area contributed by atoms with Crippen molar-refractivity contribution in [1.82, 2.24) is 0 Å². The lowest BCUT2D eigenvalue weighted by Crippen LogP contribution is -2.11. The SMILES string of the molecule is NC(c1ccc(-c2ccccc2)cc1)c1cc(Cl)sc1Cl. The Morgan fingerprint density at radius 1 is 0.857 bits per heavy atom. The first-order valence-electron chi connectivity index (χ1n) is 6.51. The Labute approximate surface area is 137 Å². The summed E-state index contributed by atoms with van der Waals surface area (Å²) in [4.78, 5) is 0. The minimum absolute atomic E-state index is 0.258. The fourth-order valence-electron chi connectivity index (χ4n) is 2.26. The molecule has 21 heavy (non-hydrogen) atoms. The van der Waals surface area contributed by atoms with E-state index in [-0.39, 0.29) is 6.04 Å². The number of halogens is 2. The van der Waals surface area contributed by atoms with Gasteiger partial charge in [0.05, 0.1) is 14.7 Å². The van der Waals surface area contributed by atoms with Gasteiger partial charge < -0.3 is 5.73 Å². The molecule has 3 aromatic rings. The molecule has 2 aromatic carbocycles. The molecule has 0 radical (unpaired) electrons. The van der Waals surface area contributed by atoms with Gasteiger partial charge in [0, 0.05) is 5.56 Å². The highest BCUT2D eigenvalue weighted by Crippen LogP contribution is 2.36. The van der Waals surface area contributed by atoms with Crippen LogP contribution < -0.4 is 5.73 Å². The molecule has 0 aliphatic rings. The molecule has 0 aliphatic carbocycles. The predicted molar refractivity (Wildman–Crippen MR) is 92.2 cm³/mol. The van der Waals surface area contributed by atoms with E-state index in [1.54, 1.807) is 0 Å². The standard InChI is InChI=1S/C17H13Cl2NS/c18-15-10-14(17(19)21-15)16(20)13-8-6-12(7-9-13)11-4-2-1-3-5-11/h1-10,16H,20H2. The Morgan fingerprint density at radius 2 is 1.48 bits per heavy atom. The molecule has 1 unspecified atom stereocenters. The maximum atomic E-state index is 6.28. The van der Waals surface area contributed by atoms with Crippen LogP contribution in [0.5, 0.6) is 0 Å². The molecule has 0 aliphatic heterocycles. The van der Waals surface area contributed by atoms with Crippen LogP contribution in [0.3, 0.4) is 0 Å². The first-order valence-corrected chi connectivity index (χ1v) is 8.08. The quantitative estimate of drug-likeness (QED) is 0.646. The Hall–Kier alpha value is -1.32. The molecule has 0 saturated heterocycles. The summed E-state index contributed by atoms with van der Waals surface area (Å²) >= 11 is 13.5. The highest BCUT2D eigenvalue weighted by Gasteiger charge is 2.15. The molecule has 0 bridgehead atoms. The summed E-state index contributed by atoms with van der Waals surface area (Å²) in [5.41, 5.74) is 10.5. The van der Waals surface area contributed by atoms with Crippen LogP contribution in [0.1, 0.15) is 17.2 Å². The van der Waals surface area contributed by atoms with E-state index in [0.29, 0.717) is 8.67 Å². The summed E-state index contributed by atoms with van der Waals surface area (Å²) in [5, 5.41) is 0. The van der Waals surface area contributed by atoms with Crippen LogP contribution in [-0.4, -0.2) is 0 Å². The van der Waals surface area contributed by atoms with Crippen molar-refractivity contribution in [2.24, 2.45) is 5.73 Å². The third kappa shape index (κ3) is 3.14. The summed E-state index contributed by atoms with van der Waals surface area (Å²) in [5.74, 6) is 0. The van der Waals surface area contributed by atoms with Crippen LogP contribution >= 0.6 is 34.5 Å². The predicted octanol–water partition coefficient (Wildman–Crippen LogP) is 5.77. The van der Waals surface area contributed by atoms with Crippen LogP contribution in [0.25, 0.3) is 11.1 Å². The van der Waals surface area contributed by atoms with E-state index in [9.17, 15) is 0 Å². The van der Waals surface area contributed by atoms with Gasteiger partial charge >= 0.3 is 0 Å². The van der Waals surface area contributed by atoms with Gasteiger partial charge in [-0.2, -0.15) is 0 Å². The van der Waals surface area contributed by atoms with E-state index in [4.69, 9.17) is 28.9 Å². The topological polar surface area (TPSA) is 26.0 Å². The van der Waals surface area contributed by atoms with Gasteiger partial charge in [0.2, 0.25) is 0 Å². The first-order chi connectivity index (χ1) is 10.1. The third-order valence-electron chi connectivity index (χ3n) is 3.40. The fraction of sp³-hybridized carbons (Fsp3) is 0.0588. The summed E-state index contributed by atoms with van der Waals surface area (Å²) in [6.07, 6.45) is 0. The van der Waals surface area contributed by atoms with Gasteiger partial charge in [0.15, 0.2) is 0 Å². The first kappa shape index (κ1) is 14.6. The maximum absolute atomic E-state index is 6.28. The van der Waals surface area contributed by atoms with E-state index >= 15 is 0 Å². The second kappa shape index (κ2) is 6.20. The van der Waals surface area contributed by atoms with Crippen molar-refractivity contribution in [2.75, 3.05) is 0 Å². The summed E-state index contributed by atoms with van der Waals surface area (Å²) in [7, 11) is 0. The van der Waals surface area contributed by atoms with Gasteiger partial charge in [0.1, 0.15) is 0 Å². The van der Waals surface area contributed by atoms with Crippen LogP contribution in [0, 0.1) is 0 Å². The number of rotatable bonds is 3. The second-order valence-corrected chi connectivity index (χ2v) is 7.03. The smallest absolute Gasteiger partial charge is 0.0995 e. The molecule has 0 amide bonds. The molecular formula is C17H13Cl2NS. The summed E-state index contributed by atoms with van der Waals surface area (Å²) in [6.45, 7) is 0. The van der Waals surface area contributed by atoms with Crippen LogP contribution in [0.4, 0.5) is 0 Å². The lowest BCUT2D eigenvalue weighted by Gasteiger charge is -2.12. The van der Waals surface area contributed by atoms with Gasteiger partial charge in [-0.05, 0) is 22.8 Å². The Balaban J connectivity index is 1.89. The van der Waals surface area contributed by atoms with Crippen LogP contribution in [-0.2, 0) is 0 Å². The number of nitrogens with two attached hydrogens (primary N) is 1. The average molecular weight is 334 g/mol. The van der Waals surface area contributed by atoms with Gasteiger partial charge in [-0.15, -0.1) is 11.3 Å². The molecule has 3 rings (SSSR count). The third-order valence-corrected chi connectivity index (χ3v) is 4.91. The molecule has 4 heteroatoms. The van der Waals surface area contributed by atoms with Crippen molar-refractivity contribution in [3.05, 3.63) is 80.5 Å². The largest absolute Gasteiger partial charge is 0.320 e. The van der Waals surface area contributed by atoms with Crippen molar-refractivity contribution < 1.29 is 0 Å². The van der Waals surface area contributed by atoms with Gasteiger partial charge in [-0.1, -0.05) is 77.8 Å². The van der Waals surface area contributed by atoms with Crippen molar-refractivity contribution in [3.8, 4) is 11.1 Å². The summed E-state index contributed by atoms with van der Waals surface area (Å²) < 4.78 is 1.31. The number of benzene rings is 2. The van der Waals surface area contributed by atoms with Gasteiger partial charge in [-0.3, -0.25) is 0 Å². The zero-order valence-electron chi connectivity index (χ0n) is 11.1. The van der Waals surface area contributed by atoms with Crippen molar-refractivity contribution in [1.29, 1.82) is 0 Å². The van der Waals surface area contributed by atoms with E-state index < -0.39 is 0 Å². The molecule has 1 heterocycles. The highest BCUT2D eigenvalue weighted by molar-refractivity contribution is 7.20. The molecule has 106 valence electrons. The van der Waals surface area contributed by atoms with Crippen molar-refractivity contribution in [2.45, 2.75) is 6.04 Å². The lowest BCUT2D eigenvalue weighted by atomic mass is 9.98. The Kier molecular flexibility index (Phi) is 4.32. The van der Waals surface area contributed by atoms with Crippen molar-refractivity contribution in [3.63, 3.8) is 0 Å². The molecule has 1 aromatic heterocycles. The Bertz CT molecular complexity index is 735. The molecule has 0 fully saturated rings. The number of hydrogen-bond acceptors (Lipinski definition) is 2. The van der Waals surface area contributed by atoms with Crippen LogP contribution in [0.2, 0.25) is 8.67 Å². The molecule has 0 saturated carbocycles. The van der Waals surface area contributed by atoms with Gasteiger partial charge in [-0.25, -0.2) is 0 Å². The minimum Gasteiger partial charge on any atom is -0.320 e. The van der Waals surface area contributed by atoms with E-state index in [1.165, 1.54) is 22.5 Å². The van der Waals surface area contributed by atoms with Crippen molar-refractivity contribution >= 4 is 34.5 Å². The zero-order chi connectivity index (χ0) is 14.8. The maximum Gasteiger partial charge on any atom is 0.0995 e. The molecule has 2 N–H and O–H groups in total. The minimum atomic E-state index is -0.258.